The van der Waals surface area contributed by atoms with Gasteiger partial charge in [0.1, 0.15) is 17.9 Å². The van der Waals surface area contributed by atoms with E-state index < -0.39 is 11.6 Å². The molecule has 0 N–H and O–H groups in total. The molecule has 0 spiro atoms. The Kier molecular flexibility index (Phi) is 3.00. The van der Waals surface area contributed by atoms with Crippen molar-refractivity contribution in [1.82, 2.24) is 0 Å². The summed E-state index contributed by atoms with van der Waals surface area (Å²) in [6, 6.07) is 8.49. The second-order valence-electron chi connectivity index (χ2n) is 3.79. The Morgan fingerprint density at radius 2 is 1.71 bits per heavy atom. The van der Waals surface area contributed by atoms with Gasteiger partial charge in [-0.05, 0) is 36.2 Å². The van der Waals surface area contributed by atoms with Crippen LogP contribution in [0.25, 0.3) is 11.1 Å². The van der Waals surface area contributed by atoms with E-state index >= 15 is 0 Å². The van der Waals surface area contributed by atoms with Crippen LogP contribution < -0.4 is 0 Å². The van der Waals surface area contributed by atoms with E-state index in [0.29, 0.717) is 17.4 Å². The molecule has 0 fully saturated rings. The van der Waals surface area contributed by atoms with E-state index in [-0.39, 0.29) is 5.56 Å². The molecule has 0 heterocycles. The van der Waals surface area contributed by atoms with Gasteiger partial charge < -0.3 is 0 Å². The lowest BCUT2D eigenvalue weighted by Crippen LogP contribution is -1.93. The Morgan fingerprint density at radius 1 is 1.06 bits per heavy atom. The fourth-order valence-corrected chi connectivity index (χ4v) is 1.74. The number of rotatable bonds is 2. The fraction of sp³-hybridized carbons (Fsp3) is 0.0714. The maximum atomic E-state index is 13.6. The summed E-state index contributed by atoms with van der Waals surface area (Å²) in [6.07, 6.45) is 0.654. The van der Waals surface area contributed by atoms with Crippen LogP contribution in [0.15, 0.2) is 36.4 Å². The first-order valence-corrected chi connectivity index (χ1v) is 5.13. The smallest absolute Gasteiger partial charge is 0.150 e. The molecule has 17 heavy (non-hydrogen) atoms. The van der Waals surface area contributed by atoms with Gasteiger partial charge in [-0.25, -0.2) is 8.78 Å². The summed E-state index contributed by atoms with van der Waals surface area (Å²) < 4.78 is 27.2. The van der Waals surface area contributed by atoms with Crippen molar-refractivity contribution in [2.24, 2.45) is 0 Å². The normalized spacial score (nSPS) is 10.3. The van der Waals surface area contributed by atoms with Crippen molar-refractivity contribution in [3.8, 4) is 11.1 Å². The standard InChI is InChI=1S/C14H10F2O/c1-9-5-6-10(8-17)7-11(9)14-12(15)3-2-4-13(14)16/h2-8H,1H3. The Labute approximate surface area is 97.7 Å². The number of benzene rings is 2. The number of aldehydes is 1. The Balaban J connectivity index is 2.71. The zero-order chi connectivity index (χ0) is 12.4. The molecular weight excluding hydrogens is 222 g/mol. The molecule has 1 nitrogen and oxygen atoms in total. The lowest BCUT2D eigenvalue weighted by Gasteiger charge is -2.09. The molecule has 2 aromatic rings. The largest absolute Gasteiger partial charge is 0.298 e. The molecule has 3 heteroatoms. The maximum absolute atomic E-state index is 13.6. The molecule has 0 saturated carbocycles. The summed E-state index contributed by atoms with van der Waals surface area (Å²) in [7, 11) is 0. The number of hydrogen-bond acceptors (Lipinski definition) is 1. The number of hydrogen-bond donors (Lipinski definition) is 0. The van der Waals surface area contributed by atoms with E-state index in [9.17, 15) is 13.6 Å². The highest BCUT2D eigenvalue weighted by Crippen LogP contribution is 2.29. The molecule has 2 aromatic carbocycles. The van der Waals surface area contributed by atoms with E-state index in [0.717, 1.165) is 5.56 Å². The van der Waals surface area contributed by atoms with E-state index in [1.54, 1.807) is 19.1 Å². The van der Waals surface area contributed by atoms with Gasteiger partial charge in [0.2, 0.25) is 0 Å². The Hall–Kier alpha value is -2.03. The first-order valence-electron chi connectivity index (χ1n) is 5.13. The molecule has 0 atom stereocenters. The second-order valence-corrected chi connectivity index (χ2v) is 3.79. The highest BCUT2D eigenvalue weighted by atomic mass is 19.1. The third-order valence-electron chi connectivity index (χ3n) is 2.63. The summed E-state index contributed by atoms with van der Waals surface area (Å²) in [6.45, 7) is 1.75. The number of carbonyl (C=O) groups excluding carboxylic acids is 1. The van der Waals surface area contributed by atoms with E-state index in [2.05, 4.69) is 0 Å². The van der Waals surface area contributed by atoms with Crippen molar-refractivity contribution < 1.29 is 13.6 Å². The summed E-state index contributed by atoms with van der Waals surface area (Å²) in [4.78, 5) is 10.7. The van der Waals surface area contributed by atoms with Crippen molar-refractivity contribution in [3.05, 3.63) is 59.2 Å². The molecule has 0 aromatic heterocycles. The molecule has 2 rings (SSSR count). The van der Waals surface area contributed by atoms with Gasteiger partial charge in [0, 0.05) is 5.56 Å². The Bertz CT molecular complexity index is 556. The quantitative estimate of drug-likeness (QED) is 0.720. The zero-order valence-corrected chi connectivity index (χ0v) is 9.21. The van der Waals surface area contributed by atoms with Gasteiger partial charge in [0.25, 0.3) is 0 Å². The summed E-state index contributed by atoms with van der Waals surface area (Å²) in [5.74, 6) is -1.26. The van der Waals surface area contributed by atoms with Crippen molar-refractivity contribution in [2.45, 2.75) is 6.92 Å². The number of aryl methyl sites for hydroxylation is 1. The average Bonchev–Trinajstić information content (AvgIpc) is 2.31. The monoisotopic (exact) mass is 232 g/mol. The molecule has 0 unspecified atom stereocenters. The first kappa shape index (κ1) is 11.5. The SMILES string of the molecule is Cc1ccc(C=O)cc1-c1c(F)cccc1F. The highest BCUT2D eigenvalue weighted by Gasteiger charge is 2.13. The van der Waals surface area contributed by atoms with Gasteiger partial charge in [-0.1, -0.05) is 18.2 Å². The fourth-order valence-electron chi connectivity index (χ4n) is 1.74. The van der Waals surface area contributed by atoms with Crippen LogP contribution in [0.2, 0.25) is 0 Å². The van der Waals surface area contributed by atoms with Crippen LogP contribution in [0.5, 0.6) is 0 Å². The summed E-state index contributed by atoms with van der Waals surface area (Å²) in [5, 5.41) is 0. The van der Waals surface area contributed by atoms with Gasteiger partial charge in [-0.2, -0.15) is 0 Å². The van der Waals surface area contributed by atoms with Crippen LogP contribution in [0.4, 0.5) is 8.78 Å². The predicted octanol–water partition coefficient (Wildman–Crippen LogP) is 3.75. The van der Waals surface area contributed by atoms with Crippen molar-refractivity contribution >= 4 is 6.29 Å². The van der Waals surface area contributed by atoms with E-state index in [1.165, 1.54) is 24.3 Å². The minimum Gasteiger partial charge on any atom is -0.298 e. The maximum Gasteiger partial charge on any atom is 0.150 e. The van der Waals surface area contributed by atoms with Gasteiger partial charge in [0.05, 0.1) is 5.56 Å². The van der Waals surface area contributed by atoms with Gasteiger partial charge in [0.15, 0.2) is 0 Å². The van der Waals surface area contributed by atoms with Crippen LogP contribution in [0.1, 0.15) is 15.9 Å². The van der Waals surface area contributed by atoms with E-state index in [4.69, 9.17) is 0 Å². The van der Waals surface area contributed by atoms with Gasteiger partial charge in [-0.3, -0.25) is 4.79 Å². The van der Waals surface area contributed by atoms with Crippen LogP contribution in [0.3, 0.4) is 0 Å². The first-order chi connectivity index (χ1) is 8.13. The minimum atomic E-state index is -0.629. The molecule has 0 bridgehead atoms. The van der Waals surface area contributed by atoms with Crippen molar-refractivity contribution in [3.63, 3.8) is 0 Å². The summed E-state index contributed by atoms with van der Waals surface area (Å²) >= 11 is 0. The second kappa shape index (κ2) is 4.45. The van der Waals surface area contributed by atoms with Gasteiger partial charge in [-0.15, -0.1) is 0 Å². The third-order valence-corrected chi connectivity index (χ3v) is 2.63. The van der Waals surface area contributed by atoms with Crippen molar-refractivity contribution in [2.75, 3.05) is 0 Å². The van der Waals surface area contributed by atoms with Crippen LogP contribution in [0, 0.1) is 18.6 Å². The third kappa shape index (κ3) is 2.09. The predicted molar refractivity (Wildman–Crippen MR) is 61.9 cm³/mol. The van der Waals surface area contributed by atoms with Crippen LogP contribution in [-0.2, 0) is 0 Å². The minimum absolute atomic E-state index is 0.0892. The van der Waals surface area contributed by atoms with Crippen LogP contribution in [-0.4, -0.2) is 6.29 Å². The Morgan fingerprint density at radius 3 is 2.29 bits per heavy atom. The molecule has 0 radical (unpaired) electrons. The molecule has 0 amide bonds. The molecular formula is C14H10F2O. The van der Waals surface area contributed by atoms with Crippen LogP contribution >= 0.6 is 0 Å². The lowest BCUT2D eigenvalue weighted by molar-refractivity contribution is 0.112. The molecule has 0 aliphatic rings. The number of halogens is 2. The molecule has 0 saturated heterocycles. The number of carbonyl (C=O) groups is 1. The molecule has 0 aliphatic carbocycles. The summed E-state index contributed by atoms with van der Waals surface area (Å²) in [5.41, 5.74) is 1.44. The zero-order valence-electron chi connectivity index (χ0n) is 9.21. The topological polar surface area (TPSA) is 17.1 Å². The van der Waals surface area contributed by atoms with Crippen molar-refractivity contribution in [1.29, 1.82) is 0 Å². The van der Waals surface area contributed by atoms with Gasteiger partial charge >= 0.3 is 0 Å². The average molecular weight is 232 g/mol. The molecule has 86 valence electrons. The molecule has 0 aliphatic heterocycles. The van der Waals surface area contributed by atoms with E-state index in [1.807, 2.05) is 0 Å². The lowest BCUT2D eigenvalue weighted by atomic mass is 9.97. The highest BCUT2D eigenvalue weighted by molar-refractivity contribution is 5.80.